The Bertz CT molecular complexity index is 993. The van der Waals surface area contributed by atoms with Crippen LogP contribution in [0.4, 0.5) is 0 Å². The molecule has 0 N–H and O–H groups in total. The van der Waals surface area contributed by atoms with Crippen LogP contribution in [0.5, 0.6) is 11.5 Å². The van der Waals surface area contributed by atoms with Crippen LogP contribution in [0.3, 0.4) is 0 Å². The van der Waals surface area contributed by atoms with Crippen molar-refractivity contribution in [3.8, 4) is 34.3 Å². The highest BCUT2D eigenvalue weighted by atomic mass is 16.5. The summed E-state index contributed by atoms with van der Waals surface area (Å²) in [7, 11) is 0. The van der Waals surface area contributed by atoms with E-state index in [0.29, 0.717) is 36.4 Å². The summed E-state index contributed by atoms with van der Waals surface area (Å²) in [6.45, 7) is 10.5. The van der Waals surface area contributed by atoms with E-state index in [1.807, 2.05) is 32.0 Å². The summed E-state index contributed by atoms with van der Waals surface area (Å²) in [5.41, 5.74) is 4.28. The van der Waals surface area contributed by atoms with Crippen LogP contribution in [-0.4, -0.2) is 41.3 Å². The van der Waals surface area contributed by atoms with Gasteiger partial charge in [0.2, 0.25) is 5.82 Å². The first-order chi connectivity index (χ1) is 14.7. The summed E-state index contributed by atoms with van der Waals surface area (Å²) >= 11 is 0. The molecule has 0 aliphatic carbocycles. The minimum absolute atomic E-state index is 0.467. The highest BCUT2D eigenvalue weighted by Crippen LogP contribution is 2.33. The molecule has 1 fully saturated rings. The Morgan fingerprint density at radius 2 is 1.73 bits per heavy atom. The van der Waals surface area contributed by atoms with E-state index in [0.717, 1.165) is 23.2 Å². The monoisotopic (exact) mass is 407 g/mol. The van der Waals surface area contributed by atoms with Crippen LogP contribution in [0.2, 0.25) is 0 Å². The van der Waals surface area contributed by atoms with Gasteiger partial charge < -0.3 is 14.0 Å². The number of nitrogens with zero attached hydrogens (tertiary/aromatic N) is 3. The second-order valence-electron chi connectivity index (χ2n) is 7.58. The van der Waals surface area contributed by atoms with Gasteiger partial charge in [0.25, 0.3) is 5.89 Å². The van der Waals surface area contributed by atoms with E-state index in [1.54, 1.807) is 0 Å². The van der Waals surface area contributed by atoms with Gasteiger partial charge in [-0.25, -0.2) is 0 Å². The van der Waals surface area contributed by atoms with Gasteiger partial charge in [0.1, 0.15) is 0 Å². The zero-order valence-electron chi connectivity index (χ0n) is 18.0. The van der Waals surface area contributed by atoms with E-state index in [4.69, 9.17) is 14.0 Å². The molecular formula is C24H29N3O3. The van der Waals surface area contributed by atoms with Crippen molar-refractivity contribution >= 4 is 0 Å². The zero-order valence-corrected chi connectivity index (χ0v) is 18.0. The number of likely N-dealkylation sites (tertiary alicyclic amines) is 1. The van der Waals surface area contributed by atoms with Gasteiger partial charge in [-0.15, -0.1) is 0 Å². The maximum atomic E-state index is 5.71. The van der Waals surface area contributed by atoms with E-state index >= 15 is 0 Å². The predicted octanol–water partition coefficient (Wildman–Crippen LogP) is 5.11. The molecule has 0 saturated carbocycles. The van der Waals surface area contributed by atoms with E-state index in [-0.39, 0.29) is 0 Å². The molecule has 0 amide bonds. The van der Waals surface area contributed by atoms with Gasteiger partial charge in [-0.2, -0.15) is 4.98 Å². The van der Waals surface area contributed by atoms with Crippen molar-refractivity contribution in [2.75, 3.05) is 26.3 Å². The average Bonchev–Trinajstić information content (AvgIpc) is 3.42. The second kappa shape index (κ2) is 9.30. The molecule has 0 radical (unpaired) electrons. The summed E-state index contributed by atoms with van der Waals surface area (Å²) in [4.78, 5) is 7.14. The summed E-state index contributed by atoms with van der Waals surface area (Å²) in [5.74, 6) is 2.46. The number of rotatable bonds is 8. The number of ether oxygens (including phenoxy) is 2. The maximum absolute atomic E-state index is 5.71. The fourth-order valence-electron chi connectivity index (χ4n) is 3.91. The Balaban J connectivity index is 1.56. The molecular weight excluding hydrogens is 378 g/mol. The number of benzene rings is 2. The molecule has 6 heteroatoms. The average molecular weight is 408 g/mol. The summed E-state index contributed by atoms with van der Waals surface area (Å²) < 4.78 is 16.9. The van der Waals surface area contributed by atoms with Crippen LogP contribution in [0.15, 0.2) is 40.9 Å². The Labute approximate surface area is 177 Å². The summed E-state index contributed by atoms with van der Waals surface area (Å²) in [6.07, 6.45) is 2.61. The van der Waals surface area contributed by atoms with E-state index in [2.05, 4.69) is 40.2 Å². The molecule has 1 aliphatic rings. The smallest absolute Gasteiger partial charge is 0.258 e. The lowest BCUT2D eigenvalue weighted by atomic mass is 10.0. The Morgan fingerprint density at radius 1 is 0.967 bits per heavy atom. The van der Waals surface area contributed by atoms with E-state index < -0.39 is 0 Å². The molecule has 1 aliphatic heterocycles. The zero-order chi connectivity index (χ0) is 20.9. The quantitative estimate of drug-likeness (QED) is 0.517. The standard InChI is InChI=1S/C24H29N3O3/c1-4-28-21-11-9-19(15-22(21)29-5-2)24-25-23(26-30-24)20-10-8-18(14-17(20)3)16-27-12-6-7-13-27/h8-11,14-15H,4-7,12-13,16H2,1-3H3. The lowest BCUT2D eigenvalue weighted by Gasteiger charge is -2.15. The third-order valence-corrected chi connectivity index (χ3v) is 5.35. The maximum Gasteiger partial charge on any atom is 0.258 e. The molecule has 0 spiro atoms. The highest BCUT2D eigenvalue weighted by molar-refractivity contribution is 5.65. The van der Waals surface area contributed by atoms with Crippen LogP contribution in [0.1, 0.15) is 37.8 Å². The van der Waals surface area contributed by atoms with Crippen molar-refractivity contribution in [1.82, 2.24) is 15.0 Å². The number of hydrogen-bond acceptors (Lipinski definition) is 6. The Morgan fingerprint density at radius 3 is 2.47 bits per heavy atom. The van der Waals surface area contributed by atoms with Crippen molar-refractivity contribution in [1.29, 1.82) is 0 Å². The van der Waals surface area contributed by atoms with Crippen LogP contribution in [0.25, 0.3) is 22.8 Å². The predicted molar refractivity (Wildman–Crippen MR) is 117 cm³/mol. The summed E-state index contributed by atoms with van der Waals surface area (Å²) in [5, 5.41) is 4.22. The molecule has 2 heterocycles. The minimum Gasteiger partial charge on any atom is -0.490 e. The lowest BCUT2D eigenvalue weighted by molar-refractivity contribution is 0.288. The molecule has 30 heavy (non-hydrogen) atoms. The Kier molecular flexibility index (Phi) is 6.33. The van der Waals surface area contributed by atoms with E-state index in [9.17, 15) is 0 Å². The van der Waals surface area contributed by atoms with Gasteiger partial charge in [0, 0.05) is 17.7 Å². The molecule has 1 aromatic heterocycles. The lowest BCUT2D eigenvalue weighted by Crippen LogP contribution is -2.18. The van der Waals surface area contributed by atoms with Gasteiger partial charge in [-0.3, -0.25) is 4.90 Å². The highest BCUT2D eigenvalue weighted by Gasteiger charge is 2.16. The first-order valence-electron chi connectivity index (χ1n) is 10.7. The first-order valence-corrected chi connectivity index (χ1v) is 10.7. The van der Waals surface area contributed by atoms with Crippen LogP contribution < -0.4 is 9.47 Å². The molecule has 6 nitrogen and oxygen atoms in total. The third kappa shape index (κ3) is 4.49. The topological polar surface area (TPSA) is 60.6 Å². The molecule has 158 valence electrons. The van der Waals surface area contributed by atoms with Crippen molar-refractivity contribution in [3.63, 3.8) is 0 Å². The largest absolute Gasteiger partial charge is 0.490 e. The SMILES string of the molecule is CCOc1ccc(-c2nc(-c3ccc(CN4CCCC4)cc3C)no2)cc1OCC. The van der Waals surface area contributed by atoms with Crippen molar-refractivity contribution in [2.24, 2.45) is 0 Å². The van der Waals surface area contributed by atoms with E-state index in [1.165, 1.54) is 31.5 Å². The molecule has 1 saturated heterocycles. The fraction of sp³-hybridized carbons (Fsp3) is 0.417. The summed E-state index contributed by atoms with van der Waals surface area (Å²) in [6, 6.07) is 12.2. The fourth-order valence-corrected chi connectivity index (χ4v) is 3.91. The second-order valence-corrected chi connectivity index (χ2v) is 7.58. The number of aryl methyl sites for hydroxylation is 1. The minimum atomic E-state index is 0.467. The van der Waals surface area contributed by atoms with Gasteiger partial charge in [0.15, 0.2) is 11.5 Å². The van der Waals surface area contributed by atoms with Gasteiger partial charge in [-0.1, -0.05) is 23.4 Å². The van der Waals surface area contributed by atoms with Gasteiger partial charge >= 0.3 is 0 Å². The normalized spacial score (nSPS) is 14.2. The number of hydrogen-bond donors (Lipinski definition) is 0. The van der Waals surface area contributed by atoms with Gasteiger partial charge in [-0.05, 0) is 76.0 Å². The van der Waals surface area contributed by atoms with Crippen LogP contribution in [0, 0.1) is 6.92 Å². The van der Waals surface area contributed by atoms with Crippen molar-refractivity contribution in [3.05, 3.63) is 47.5 Å². The first kappa shape index (κ1) is 20.4. The molecule has 0 unspecified atom stereocenters. The van der Waals surface area contributed by atoms with Crippen LogP contribution in [-0.2, 0) is 6.54 Å². The molecule has 3 aromatic rings. The molecule has 0 atom stereocenters. The molecule has 0 bridgehead atoms. The third-order valence-electron chi connectivity index (χ3n) is 5.35. The van der Waals surface area contributed by atoms with Crippen molar-refractivity contribution in [2.45, 2.75) is 40.2 Å². The van der Waals surface area contributed by atoms with Gasteiger partial charge in [0.05, 0.1) is 13.2 Å². The van der Waals surface area contributed by atoms with Crippen LogP contribution >= 0.6 is 0 Å². The van der Waals surface area contributed by atoms with Crippen molar-refractivity contribution < 1.29 is 14.0 Å². The number of aromatic nitrogens is 2. The molecule has 4 rings (SSSR count). The Hall–Kier alpha value is -2.86. The molecule has 2 aromatic carbocycles.